The normalized spacial score (nSPS) is 24.9. The number of para-hydroxylation sites is 1. The molecule has 0 aliphatic carbocycles. The van der Waals surface area contributed by atoms with Crippen molar-refractivity contribution in [3.05, 3.63) is 29.8 Å². The largest absolute Gasteiger partial charge is 0.476 e. The first-order chi connectivity index (χ1) is 6.62. The fraction of sp³-hybridized carbons (Fsp3) is 0.300. The van der Waals surface area contributed by atoms with E-state index in [-0.39, 0.29) is 6.42 Å². The number of alkyl halides is 1. The second kappa shape index (κ2) is 2.97. The molecule has 0 saturated heterocycles. The number of carboxylic acids is 1. The van der Waals surface area contributed by atoms with Gasteiger partial charge in [0.1, 0.15) is 5.75 Å². The van der Waals surface area contributed by atoms with Gasteiger partial charge in [0.25, 0.3) is 0 Å². The Bertz CT molecular complexity index is 377. The zero-order chi connectivity index (χ0) is 10.2. The van der Waals surface area contributed by atoms with Crippen LogP contribution in [0.1, 0.15) is 12.0 Å². The first kappa shape index (κ1) is 8.99. The van der Waals surface area contributed by atoms with Crippen molar-refractivity contribution in [3.63, 3.8) is 0 Å². The van der Waals surface area contributed by atoms with Crippen LogP contribution in [0.4, 0.5) is 4.39 Å². The highest BCUT2D eigenvalue weighted by Gasteiger charge is 2.44. The molecule has 0 aromatic heterocycles. The lowest BCUT2D eigenvalue weighted by Gasteiger charge is -2.28. The van der Waals surface area contributed by atoms with Gasteiger partial charge >= 0.3 is 11.8 Å². The first-order valence-corrected chi connectivity index (χ1v) is 4.31. The summed E-state index contributed by atoms with van der Waals surface area (Å²) in [7, 11) is 0. The Morgan fingerprint density at radius 3 is 2.93 bits per heavy atom. The van der Waals surface area contributed by atoms with Crippen molar-refractivity contribution in [3.8, 4) is 5.75 Å². The number of ether oxygens (including phenoxy) is 1. The first-order valence-electron chi connectivity index (χ1n) is 4.31. The van der Waals surface area contributed by atoms with Crippen LogP contribution in [-0.2, 0) is 11.2 Å². The van der Waals surface area contributed by atoms with Gasteiger partial charge in [-0.2, -0.15) is 4.39 Å². The quantitative estimate of drug-likeness (QED) is 0.744. The van der Waals surface area contributed by atoms with E-state index in [2.05, 4.69) is 0 Å². The van der Waals surface area contributed by atoms with Gasteiger partial charge in [0.15, 0.2) is 0 Å². The summed E-state index contributed by atoms with van der Waals surface area (Å²) >= 11 is 0. The fourth-order valence-electron chi connectivity index (χ4n) is 1.48. The number of aliphatic carboxylic acids is 1. The summed E-state index contributed by atoms with van der Waals surface area (Å²) < 4.78 is 18.4. The summed E-state index contributed by atoms with van der Waals surface area (Å²) in [6.45, 7) is 0. The van der Waals surface area contributed by atoms with Crippen LogP contribution in [0.2, 0.25) is 0 Å². The minimum Gasteiger partial charge on any atom is -0.476 e. The lowest BCUT2D eigenvalue weighted by Crippen LogP contribution is -2.42. The van der Waals surface area contributed by atoms with E-state index >= 15 is 0 Å². The van der Waals surface area contributed by atoms with Gasteiger partial charge in [0, 0.05) is 6.42 Å². The molecule has 1 heterocycles. The van der Waals surface area contributed by atoms with E-state index in [1.807, 2.05) is 6.07 Å². The van der Waals surface area contributed by atoms with Gasteiger partial charge in [-0.05, 0) is 18.1 Å². The molecule has 4 heteroatoms. The molecule has 0 fully saturated rings. The molecule has 2 rings (SSSR count). The molecule has 0 spiro atoms. The highest BCUT2D eigenvalue weighted by molar-refractivity contribution is 5.76. The summed E-state index contributed by atoms with van der Waals surface area (Å²) in [5.74, 6) is -3.80. The van der Waals surface area contributed by atoms with Crippen molar-refractivity contribution < 1.29 is 19.0 Å². The van der Waals surface area contributed by atoms with Gasteiger partial charge in [-0.25, -0.2) is 4.79 Å². The summed E-state index contributed by atoms with van der Waals surface area (Å²) in [5.41, 5.74) is 0.849. The average Bonchev–Trinajstić information content (AvgIpc) is 2.17. The number of benzene rings is 1. The number of rotatable bonds is 1. The van der Waals surface area contributed by atoms with Crippen molar-refractivity contribution in [2.24, 2.45) is 0 Å². The summed E-state index contributed by atoms with van der Waals surface area (Å²) in [6.07, 6.45) is 0.248. The Kier molecular flexibility index (Phi) is 1.91. The minimum atomic E-state index is -2.56. The Labute approximate surface area is 80.1 Å². The predicted octanol–water partition coefficient (Wildman–Crippen LogP) is 1.76. The Morgan fingerprint density at radius 2 is 2.21 bits per heavy atom. The van der Waals surface area contributed by atoms with Crippen LogP contribution >= 0.6 is 0 Å². The van der Waals surface area contributed by atoms with Crippen LogP contribution in [-0.4, -0.2) is 16.9 Å². The van der Waals surface area contributed by atoms with Crippen LogP contribution < -0.4 is 4.74 Å². The van der Waals surface area contributed by atoms with Crippen LogP contribution in [0.15, 0.2) is 24.3 Å². The number of aryl methyl sites for hydroxylation is 1. The zero-order valence-corrected chi connectivity index (χ0v) is 7.37. The topological polar surface area (TPSA) is 46.5 Å². The maximum atomic E-state index is 13.6. The highest BCUT2D eigenvalue weighted by atomic mass is 19.2. The number of halogens is 1. The lowest BCUT2D eigenvalue weighted by molar-refractivity contribution is -0.176. The molecule has 14 heavy (non-hydrogen) atoms. The summed E-state index contributed by atoms with van der Waals surface area (Å²) in [4.78, 5) is 10.6. The number of carboxylic acid groups (broad SMARTS) is 1. The standard InChI is InChI=1S/C10H9FO3/c11-10(9(12)13)6-5-7-3-1-2-4-8(7)14-10/h1-4H,5-6H2,(H,12,13). The molecule has 1 aromatic carbocycles. The molecule has 0 radical (unpaired) electrons. The van der Waals surface area contributed by atoms with E-state index in [1.54, 1.807) is 18.2 Å². The zero-order valence-electron chi connectivity index (χ0n) is 7.37. The summed E-state index contributed by atoms with van der Waals surface area (Å²) in [5, 5.41) is 8.62. The third-order valence-electron chi connectivity index (χ3n) is 2.28. The van der Waals surface area contributed by atoms with Crippen LogP contribution in [0.5, 0.6) is 5.75 Å². The van der Waals surface area contributed by atoms with Crippen LogP contribution in [0.25, 0.3) is 0 Å². The smallest absolute Gasteiger partial charge is 0.382 e. The van der Waals surface area contributed by atoms with Gasteiger partial charge in [-0.15, -0.1) is 0 Å². The van der Waals surface area contributed by atoms with Crippen molar-refractivity contribution >= 4 is 5.97 Å². The molecule has 1 aliphatic rings. The van der Waals surface area contributed by atoms with Gasteiger partial charge in [0.2, 0.25) is 0 Å². The molecular weight excluding hydrogens is 187 g/mol. The monoisotopic (exact) mass is 196 g/mol. The number of hydrogen-bond donors (Lipinski definition) is 1. The van der Waals surface area contributed by atoms with Crippen molar-refractivity contribution in [2.45, 2.75) is 18.7 Å². The third kappa shape index (κ3) is 1.32. The molecule has 1 N–H and O–H groups in total. The molecular formula is C10H9FO3. The maximum absolute atomic E-state index is 13.6. The summed E-state index contributed by atoms with van der Waals surface area (Å²) in [6, 6.07) is 6.88. The van der Waals surface area contributed by atoms with Gasteiger partial charge in [0.05, 0.1) is 0 Å². The van der Waals surface area contributed by atoms with E-state index in [0.29, 0.717) is 12.2 Å². The third-order valence-corrected chi connectivity index (χ3v) is 2.28. The average molecular weight is 196 g/mol. The van der Waals surface area contributed by atoms with Gasteiger partial charge < -0.3 is 9.84 Å². The SMILES string of the molecule is O=C(O)C1(F)CCc2ccccc2O1. The van der Waals surface area contributed by atoms with E-state index in [4.69, 9.17) is 9.84 Å². The van der Waals surface area contributed by atoms with Gasteiger partial charge in [-0.1, -0.05) is 18.2 Å². The van der Waals surface area contributed by atoms with Crippen molar-refractivity contribution in [1.82, 2.24) is 0 Å². The Balaban J connectivity index is 2.34. The van der Waals surface area contributed by atoms with E-state index in [0.717, 1.165) is 5.56 Å². The van der Waals surface area contributed by atoms with Gasteiger partial charge in [-0.3, -0.25) is 0 Å². The molecule has 3 nitrogen and oxygen atoms in total. The van der Waals surface area contributed by atoms with E-state index in [1.165, 1.54) is 0 Å². The van der Waals surface area contributed by atoms with Crippen LogP contribution in [0, 0.1) is 0 Å². The van der Waals surface area contributed by atoms with E-state index in [9.17, 15) is 9.18 Å². The van der Waals surface area contributed by atoms with E-state index < -0.39 is 11.8 Å². The molecule has 1 aromatic rings. The Morgan fingerprint density at radius 1 is 1.50 bits per heavy atom. The number of fused-ring (bicyclic) bond motifs is 1. The van der Waals surface area contributed by atoms with Crippen molar-refractivity contribution in [1.29, 1.82) is 0 Å². The molecule has 74 valence electrons. The molecule has 0 saturated carbocycles. The fourth-order valence-corrected chi connectivity index (χ4v) is 1.48. The van der Waals surface area contributed by atoms with Crippen molar-refractivity contribution in [2.75, 3.05) is 0 Å². The molecule has 0 amide bonds. The predicted molar refractivity (Wildman–Crippen MR) is 46.9 cm³/mol. The second-order valence-electron chi connectivity index (χ2n) is 3.24. The molecule has 1 atom stereocenters. The Hall–Kier alpha value is -1.58. The van der Waals surface area contributed by atoms with Crippen LogP contribution in [0.3, 0.4) is 0 Å². The molecule has 0 bridgehead atoms. The lowest BCUT2D eigenvalue weighted by atomic mass is 10.0. The number of carbonyl (C=O) groups is 1. The minimum absolute atomic E-state index is 0.140. The molecule has 1 unspecified atom stereocenters. The molecule has 1 aliphatic heterocycles. The highest BCUT2D eigenvalue weighted by Crippen LogP contribution is 2.33. The maximum Gasteiger partial charge on any atom is 0.382 e. The second-order valence-corrected chi connectivity index (χ2v) is 3.24. The number of hydrogen-bond acceptors (Lipinski definition) is 2.